The average Bonchev–Trinajstić information content (AvgIpc) is 2.47. The summed E-state index contributed by atoms with van der Waals surface area (Å²) in [6, 6.07) is 10.5. The minimum absolute atomic E-state index is 0.339. The molecule has 0 saturated heterocycles. The molecule has 1 atom stereocenters. The summed E-state index contributed by atoms with van der Waals surface area (Å²) in [5.74, 6) is 0.469. The second-order valence-corrected chi connectivity index (χ2v) is 6.19. The van der Waals surface area contributed by atoms with Gasteiger partial charge in [0.1, 0.15) is 11.5 Å². The van der Waals surface area contributed by atoms with Gasteiger partial charge in [-0.25, -0.2) is 9.00 Å². The first-order valence-corrected chi connectivity index (χ1v) is 7.61. The summed E-state index contributed by atoms with van der Waals surface area (Å²) in [6.07, 6.45) is 0. The standard InChI is InChI=1S/C17H16O4S/c1-11(2)17(18)20-15-7-5-14-10-16(8-6-13(14)9-15)21-22(19)12(3)4/h5-10H,1,3H2,2,4H3. The van der Waals surface area contributed by atoms with Crippen LogP contribution in [0.5, 0.6) is 11.5 Å². The number of hydrogen-bond acceptors (Lipinski definition) is 4. The molecular formula is C17H16O4S. The average molecular weight is 316 g/mol. The van der Waals surface area contributed by atoms with Crippen molar-refractivity contribution in [3.05, 3.63) is 60.0 Å². The number of benzene rings is 2. The number of carbonyl (C=O) groups excluding carboxylic acids is 1. The van der Waals surface area contributed by atoms with Crippen LogP contribution in [0.1, 0.15) is 13.8 Å². The summed E-state index contributed by atoms with van der Waals surface area (Å²) in [4.78, 5) is 12.0. The van der Waals surface area contributed by atoms with Crippen molar-refractivity contribution in [1.82, 2.24) is 0 Å². The van der Waals surface area contributed by atoms with E-state index < -0.39 is 17.0 Å². The molecule has 0 bridgehead atoms. The topological polar surface area (TPSA) is 52.6 Å². The Bertz CT molecular complexity index is 725. The Morgan fingerprint density at radius 3 is 2.09 bits per heavy atom. The Morgan fingerprint density at radius 2 is 1.55 bits per heavy atom. The molecule has 1 unspecified atom stereocenters. The summed E-state index contributed by atoms with van der Waals surface area (Å²) in [7, 11) is 0. The van der Waals surface area contributed by atoms with Gasteiger partial charge in [-0.05, 0) is 48.9 Å². The van der Waals surface area contributed by atoms with E-state index in [-0.39, 0.29) is 0 Å². The molecule has 0 N–H and O–H groups in total. The number of hydrogen-bond donors (Lipinski definition) is 0. The molecule has 0 amide bonds. The number of esters is 1. The second kappa shape index (κ2) is 6.58. The maximum Gasteiger partial charge on any atom is 0.338 e. The molecule has 0 saturated carbocycles. The predicted octanol–water partition coefficient (Wildman–Crippen LogP) is 3.90. The maximum atomic E-state index is 11.6. The van der Waals surface area contributed by atoms with Gasteiger partial charge in [-0.3, -0.25) is 0 Å². The van der Waals surface area contributed by atoms with Gasteiger partial charge in [0, 0.05) is 10.5 Å². The molecule has 22 heavy (non-hydrogen) atoms. The lowest BCUT2D eigenvalue weighted by Crippen LogP contribution is -2.07. The van der Waals surface area contributed by atoms with Crippen molar-refractivity contribution in [2.24, 2.45) is 0 Å². The maximum absolute atomic E-state index is 11.6. The zero-order valence-corrected chi connectivity index (χ0v) is 13.2. The molecule has 0 heterocycles. The third-order valence-electron chi connectivity index (χ3n) is 2.80. The van der Waals surface area contributed by atoms with Gasteiger partial charge >= 0.3 is 5.97 Å². The van der Waals surface area contributed by atoms with Crippen molar-refractivity contribution in [2.45, 2.75) is 13.8 Å². The molecule has 2 rings (SSSR count). The highest BCUT2D eigenvalue weighted by Crippen LogP contribution is 2.26. The van der Waals surface area contributed by atoms with Gasteiger partial charge < -0.3 is 8.92 Å². The Hall–Kier alpha value is -2.40. The highest BCUT2D eigenvalue weighted by atomic mass is 32.2. The molecule has 0 radical (unpaired) electrons. The first-order chi connectivity index (χ1) is 10.4. The van der Waals surface area contributed by atoms with E-state index >= 15 is 0 Å². The molecular weight excluding hydrogens is 300 g/mol. The first-order valence-electron chi connectivity index (χ1n) is 6.54. The zero-order chi connectivity index (χ0) is 16.3. The fourth-order valence-electron chi connectivity index (χ4n) is 1.67. The summed E-state index contributed by atoms with van der Waals surface area (Å²) in [5.41, 5.74) is 0.339. The lowest BCUT2D eigenvalue weighted by molar-refractivity contribution is -0.130. The predicted molar refractivity (Wildman–Crippen MR) is 88.0 cm³/mol. The molecule has 0 aliphatic rings. The van der Waals surface area contributed by atoms with Crippen LogP contribution < -0.4 is 8.92 Å². The summed E-state index contributed by atoms with van der Waals surface area (Å²) >= 11 is -1.56. The lowest BCUT2D eigenvalue weighted by Gasteiger charge is -2.07. The van der Waals surface area contributed by atoms with Crippen LogP contribution in [-0.4, -0.2) is 10.2 Å². The zero-order valence-electron chi connectivity index (χ0n) is 12.4. The van der Waals surface area contributed by atoms with Crippen molar-refractivity contribution in [1.29, 1.82) is 0 Å². The summed E-state index contributed by atoms with van der Waals surface area (Å²) in [5, 5.41) is 1.76. The first kappa shape index (κ1) is 16.0. The van der Waals surface area contributed by atoms with Gasteiger partial charge in [0.25, 0.3) is 0 Å². The molecule has 5 heteroatoms. The molecule has 2 aromatic rings. The highest BCUT2D eigenvalue weighted by Gasteiger charge is 2.08. The number of ether oxygens (including phenoxy) is 1. The largest absolute Gasteiger partial charge is 0.423 e. The van der Waals surface area contributed by atoms with E-state index in [1.165, 1.54) is 0 Å². The number of carbonyl (C=O) groups is 1. The highest BCUT2D eigenvalue weighted by molar-refractivity contribution is 7.84. The molecule has 0 spiro atoms. The van der Waals surface area contributed by atoms with E-state index in [0.29, 0.717) is 22.0 Å². The SMILES string of the molecule is C=C(C)C(=O)Oc1ccc2cc(OS(=O)C(=C)C)ccc2c1. The molecule has 0 fully saturated rings. The van der Waals surface area contributed by atoms with Crippen LogP contribution in [0, 0.1) is 0 Å². The minimum atomic E-state index is -1.56. The van der Waals surface area contributed by atoms with Gasteiger partial charge in [0.15, 0.2) is 0 Å². The lowest BCUT2D eigenvalue weighted by atomic mass is 10.1. The number of allylic oxidation sites excluding steroid dienone is 1. The fraction of sp³-hybridized carbons (Fsp3) is 0.118. The quantitative estimate of drug-likeness (QED) is 0.477. The molecule has 114 valence electrons. The van der Waals surface area contributed by atoms with E-state index in [1.54, 1.807) is 50.2 Å². The van der Waals surface area contributed by atoms with E-state index in [1.807, 2.05) is 0 Å². The third kappa shape index (κ3) is 3.83. The second-order valence-electron chi connectivity index (χ2n) is 4.86. The van der Waals surface area contributed by atoms with Gasteiger partial charge in [-0.1, -0.05) is 25.3 Å². The Kier molecular flexibility index (Phi) is 4.78. The van der Waals surface area contributed by atoms with Crippen molar-refractivity contribution < 1.29 is 17.9 Å². The molecule has 2 aromatic carbocycles. The van der Waals surface area contributed by atoms with Crippen molar-refractivity contribution in [3.63, 3.8) is 0 Å². The third-order valence-corrected chi connectivity index (χ3v) is 3.71. The fourth-order valence-corrected chi connectivity index (χ4v) is 2.09. The van der Waals surface area contributed by atoms with E-state index in [4.69, 9.17) is 8.92 Å². The normalized spacial score (nSPS) is 11.7. The summed E-state index contributed by atoms with van der Waals surface area (Å²) in [6.45, 7) is 10.4. The number of fused-ring (bicyclic) bond motifs is 1. The van der Waals surface area contributed by atoms with Gasteiger partial charge in [0.05, 0.1) is 0 Å². The van der Waals surface area contributed by atoms with Crippen LogP contribution in [0.3, 0.4) is 0 Å². The van der Waals surface area contributed by atoms with Crippen LogP contribution >= 0.6 is 0 Å². The van der Waals surface area contributed by atoms with Gasteiger partial charge in [-0.2, -0.15) is 0 Å². The number of rotatable bonds is 5. The van der Waals surface area contributed by atoms with Crippen LogP contribution in [0.2, 0.25) is 0 Å². The van der Waals surface area contributed by atoms with Crippen LogP contribution in [0.4, 0.5) is 0 Å². The van der Waals surface area contributed by atoms with E-state index in [9.17, 15) is 9.00 Å². The van der Waals surface area contributed by atoms with Crippen LogP contribution in [0.15, 0.2) is 60.0 Å². The Balaban J connectivity index is 2.25. The van der Waals surface area contributed by atoms with Gasteiger partial charge in [-0.15, -0.1) is 0 Å². The van der Waals surface area contributed by atoms with Crippen molar-refractivity contribution in [3.8, 4) is 11.5 Å². The van der Waals surface area contributed by atoms with Crippen molar-refractivity contribution in [2.75, 3.05) is 0 Å². The van der Waals surface area contributed by atoms with E-state index in [0.717, 1.165) is 10.8 Å². The van der Waals surface area contributed by atoms with Crippen LogP contribution in [-0.2, 0) is 15.9 Å². The summed E-state index contributed by atoms with van der Waals surface area (Å²) < 4.78 is 22.1. The molecule has 0 aliphatic heterocycles. The Labute approximate surface area is 131 Å². The van der Waals surface area contributed by atoms with E-state index in [2.05, 4.69) is 13.2 Å². The molecule has 0 aromatic heterocycles. The smallest absolute Gasteiger partial charge is 0.338 e. The van der Waals surface area contributed by atoms with Gasteiger partial charge in [0.2, 0.25) is 11.1 Å². The molecule has 0 aliphatic carbocycles. The van der Waals surface area contributed by atoms with Crippen LogP contribution in [0.25, 0.3) is 10.8 Å². The minimum Gasteiger partial charge on any atom is -0.423 e. The molecule has 4 nitrogen and oxygen atoms in total. The van der Waals surface area contributed by atoms with Crippen molar-refractivity contribution >= 4 is 27.8 Å². The Morgan fingerprint density at radius 1 is 1.00 bits per heavy atom. The monoisotopic (exact) mass is 316 g/mol.